The summed E-state index contributed by atoms with van der Waals surface area (Å²) >= 11 is 0. The molecule has 0 saturated heterocycles. The summed E-state index contributed by atoms with van der Waals surface area (Å²) in [5.74, 6) is 0.210. The number of hydrogen-bond acceptors (Lipinski definition) is 3. The van der Waals surface area contributed by atoms with E-state index in [1.54, 1.807) is 25.1 Å². The maximum absolute atomic E-state index is 9.84. The lowest BCUT2D eigenvalue weighted by atomic mass is 9.94. The molecule has 0 amide bonds. The molecule has 3 heteroatoms. The van der Waals surface area contributed by atoms with Crippen molar-refractivity contribution in [1.29, 1.82) is 0 Å². The molecule has 88 valence electrons. The number of hydrogen-bond donors (Lipinski definition) is 3. The van der Waals surface area contributed by atoms with Crippen LogP contribution >= 0.6 is 0 Å². The molecule has 0 atom stereocenters. The normalized spacial score (nSPS) is 10.5. The highest BCUT2D eigenvalue weighted by molar-refractivity contribution is 5.78. The molecule has 0 fully saturated rings. The fourth-order valence-electron chi connectivity index (χ4n) is 1.98. The van der Waals surface area contributed by atoms with Crippen LogP contribution in [0, 0.1) is 13.8 Å². The van der Waals surface area contributed by atoms with Crippen molar-refractivity contribution in [2.75, 3.05) is 0 Å². The van der Waals surface area contributed by atoms with Gasteiger partial charge >= 0.3 is 0 Å². The molecule has 0 aliphatic heterocycles. The highest BCUT2D eigenvalue weighted by Crippen LogP contribution is 2.38. The number of rotatable bonds is 1. The number of aryl methyl sites for hydroxylation is 1. The van der Waals surface area contributed by atoms with Crippen molar-refractivity contribution in [3.05, 3.63) is 41.5 Å². The fraction of sp³-hybridized carbons (Fsp3) is 0.143. The van der Waals surface area contributed by atoms with Crippen molar-refractivity contribution >= 4 is 0 Å². The van der Waals surface area contributed by atoms with Crippen LogP contribution in [0.5, 0.6) is 17.2 Å². The first kappa shape index (κ1) is 11.3. The lowest BCUT2D eigenvalue weighted by Crippen LogP contribution is -1.89. The molecule has 0 saturated carbocycles. The Morgan fingerprint density at radius 2 is 1.53 bits per heavy atom. The van der Waals surface area contributed by atoms with Gasteiger partial charge in [0.25, 0.3) is 0 Å². The Bertz CT molecular complexity index is 574. The van der Waals surface area contributed by atoms with Gasteiger partial charge in [0.05, 0.1) is 0 Å². The molecule has 0 radical (unpaired) electrons. The van der Waals surface area contributed by atoms with E-state index in [1.165, 1.54) is 12.1 Å². The van der Waals surface area contributed by atoms with Crippen molar-refractivity contribution in [3.63, 3.8) is 0 Å². The molecule has 2 aromatic carbocycles. The van der Waals surface area contributed by atoms with Crippen LogP contribution in [0.1, 0.15) is 11.1 Å². The second-order valence-electron chi connectivity index (χ2n) is 4.10. The molecular weight excluding hydrogens is 216 g/mol. The van der Waals surface area contributed by atoms with E-state index in [1.807, 2.05) is 6.92 Å². The van der Waals surface area contributed by atoms with Gasteiger partial charge in [-0.1, -0.05) is 6.07 Å². The number of aromatic hydroxyl groups is 3. The van der Waals surface area contributed by atoms with E-state index < -0.39 is 0 Å². The molecule has 0 aliphatic carbocycles. The van der Waals surface area contributed by atoms with E-state index in [2.05, 4.69) is 0 Å². The molecule has 3 N–H and O–H groups in total. The molecule has 17 heavy (non-hydrogen) atoms. The van der Waals surface area contributed by atoms with Crippen LogP contribution in [0.3, 0.4) is 0 Å². The average molecular weight is 230 g/mol. The molecular formula is C14H14O3. The SMILES string of the molecule is Cc1ccc(O)c(C)c1-c1ccc(O)cc1O. The molecule has 0 unspecified atom stereocenters. The summed E-state index contributed by atoms with van der Waals surface area (Å²) in [6.45, 7) is 3.71. The van der Waals surface area contributed by atoms with Gasteiger partial charge in [-0.05, 0) is 48.7 Å². The molecule has 2 rings (SSSR count). The van der Waals surface area contributed by atoms with Crippen LogP contribution in [-0.2, 0) is 0 Å². The van der Waals surface area contributed by atoms with Crippen molar-refractivity contribution < 1.29 is 15.3 Å². The first-order valence-electron chi connectivity index (χ1n) is 5.32. The number of phenolic OH excluding ortho intramolecular Hbond substituents is 3. The maximum Gasteiger partial charge on any atom is 0.127 e. The molecule has 0 heterocycles. The summed E-state index contributed by atoms with van der Waals surface area (Å²) in [7, 11) is 0. The van der Waals surface area contributed by atoms with Crippen LogP contribution < -0.4 is 0 Å². The van der Waals surface area contributed by atoms with E-state index in [0.29, 0.717) is 11.1 Å². The summed E-state index contributed by atoms with van der Waals surface area (Å²) in [6, 6.07) is 7.87. The first-order chi connectivity index (χ1) is 8.00. The van der Waals surface area contributed by atoms with E-state index in [4.69, 9.17) is 0 Å². The molecule has 0 bridgehead atoms. The zero-order chi connectivity index (χ0) is 12.6. The molecule has 0 aromatic heterocycles. The van der Waals surface area contributed by atoms with Gasteiger partial charge in [-0.2, -0.15) is 0 Å². The summed E-state index contributed by atoms with van der Waals surface area (Å²) < 4.78 is 0. The topological polar surface area (TPSA) is 60.7 Å². The van der Waals surface area contributed by atoms with Gasteiger partial charge in [0.15, 0.2) is 0 Å². The highest BCUT2D eigenvalue weighted by Gasteiger charge is 2.12. The van der Waals surface area contributed by atoms with Crippen molar-refractivity contribution in [3.8, 4) is 28.4 Å². The van der Waals surface area contributed by atoms with Gasteiger partial charge in [-0.15, -0.1) is 0 Å². The predicted octanol–water partition coefficient (Wildman–Crippen LogP) is 3.09. The Labute approximate surface area is 99.6 Å². The first-order valence-corrected chi connectivity index (χ1v) is 5.32. The summed E-state index contributed by atoms with van der Waals surface area (Å²) in [4.78, 5) is 0. The van der Waals surface area contributed by atoms with Crippen LogP contribution in [0.25, 0.3) is 11.1 Å². The smallest absolute Gasteiger partial charge is 0.127 e. The second-order valence-corrected chi connectivity index (χ2v) is 4.10. The van der Waals surface area contributed by atoms with Crippen molar-refractivity contribution in [2.45, 2.75) is 13.8 Å². The lowest BCUT2D eigenvalue weighted by molar-refractivity contribution is 0.451. The Morgan fingerprint density at radius 1 is 0.824 bits per heavy atom. The molecule has 0 aliphatic rings. The Morgan fingerprint density at radius 3 is 2.18 bits per heavy atom. The minimum atomic E-state index is 0.00167. The van der Waals surface area contributed by atoms with Crippen LogP contribution in [-0.4, -0.2) is 15.3 Å². The van der Waals surface area contributed by atoms with Crippen LogP contribution in [0.2, 0.25) is 0 Å². The Balaban J connectivity index is 2.72. The average Bonchev–Trinajstić information content (AvgIpc) is 2.27. The monoisotopic (exact) mass is 230 g/mol. The third-order valence-electron chi connectivity index (χ3n) is 2.90. The largest absolute Gasteiger partial charge is 0.508 e. The minimum absolute atomic E-state index is 0.00167. The standard InChI is InChI=1S/C14H14O3/c1-8-3-6-12(16)9(2)14(8)11-5-4-10(15)7-13(11)17/h3-7,15-17H,1-2H3. The Kier molecular flexibility index (Phi) is 2.68. The maximum atomic E-state index is 9.84. The third kappa shape index (κ3) is 1.91. The number of phenols is 3. The molecule has 0 spiro atoms. The summed E-state index contributed by atoms with van der Waals surface area (Å²) in [6.07, 6.45) is 0. The van der Waals surface area contributed by atoms with E-state index in [-0.39, 0.29) is 17.2 Å². The Hall–Kier alpha value is -2.16. The summed E-state index contributed by atoms with van der Waals surface area (Å²) in [5.41, 5.74) is 3.07. The second kappa shape index (κ2) is 4.01. The third-order valence-corrected chi connectivity index (χ3v) is 2.90. The zero-order valence-electron chi connectivity index (χ0n) is 9.73. The number of benzene rings is 2. The zero-order valence-corrected chi connectivity index (χ0v) is 9.73. The van der Waals surface area contributed by atoms with Gasteiger partial charge in [-0.25, -0.2) is 0 Å². The van der Waals surface area contributed by atoms with E-state index in [9.17, 15) is 15.3 Å². The van der Waals surface area contributed by atoms with Gasteiger partial charge in [0, 0.05) is 11.6 Å². The fourth-order valence-corrected chi connectivity index (χ4v) is 1.98. The summed E-state index contributed by atoms with van der Waals surface area (Å²) in [5, 5.41) is 28.8. The van der Waals surface area contributed by atoms with Gasteiger partial charge in [0.1, 0.15) is 17.2 Å². The minimum Gasteiger partial charge on any atom is -0.508 e. The van der Waals surface area contributed by atoms with Gasteiger partial charge < -0.3 is 15.3 Å². The van der Waals surface area contributed by atoms with Crippen LogP contribution in [0.15, 0.2) is 30.3 Å². The van der Waals surface area contributed by atoms with E-state index in [0.717, 1.165) is 11.1 Å². The highest BCUT2D eigenvalue weighted by atomic mass is 16.3. The van der Waals surface area contributed by atoms with Gasteiger partial charge in [-0.3, -0.25) is 0 Å². The van der Waals surface area contributed by atoms with Crippen LogP contribution in [0.4, 0.5) is 0 Å². The van der Waals surface area contributed by atoms with Crippen molar-refractivity contribution in [1.82, 2.24) is 0 Å². The van der Waals surface area contributed by atoms with Crippen molar-refractivity contribution in [2.24, 2.45) is 0 Å². The van der Waals surface area contributed by atoms with Gasteiger partial charge in [0.2, 0.25) is 0 Å². The molecule has 2 aromatic rings. The molecule has 3 nitrogen and oxygen atoms in total. The quantitative estimate of drug-likeness (QED) is 0.705. The predicted molar refractivity (Wildman–Crippen MR) is 66.3 cm³/mol. The van der Waals surface area contributed by atoms with E-state index >= 15 is 0 Å². The lowest BCUT2D eigenvalue weighted by Gasteiger charge is -2.13.